The normalized spacial score (nSPS) is 25.8. The molecular formula is C6H8FNO. The van der Waals surface area contributed by atoms with Crippen LogP contribution in [0.15, 0.2) is 11.8 Å². The highest BCUT2D eigenvalue weighted by molar-refractivity contribution is 6.01. The van der Waals surface area contributed by atoms with Crippen molar-refractivity contribution < 1.29 is 9.18 Å². The zero-order valence-electron chi connectivity index (χ0n) is 5.15. The van der Waals surface area contributed by atoms with Crippen LogP contribution >= 0.6 is 0 Å². The second kappa shape index (κ2) is 2.17. The molecular weight excluding hydrogens is 121 g/mol. The first-order valence-corrected chi connectivity index (χ1v) is 2.78. The van der Waals surface area contributed by atoms with Gasteiger partial charge in [0.05, 0.1) is 0 Å². The van der Waals surface area contributed by atoms with Gasteiger partial charge in [-0.2, -0.15) is 0 Å². The van der Waals surface area contributed by atoms with Gasteiger partial charge >= 0.3 is 0 Å². The van der Waals surface area contributed by atoms with E-state index in [0.717, 1.165) is 0 Å². The van der Waals surface area contributed by atoms with Gasteiger partial charge in [-0.25, -0.2) is 4.39 Å². The molecule has 0 aromatic rings. The second-order valence-corrected chi connectivity index (χ2v) is 2.07. The van der Waals surface area contributed by atoms with E-state index >= 15 is 0 Å². The molecule has 1 heterocycles. The van der Waals surface area contributed by atoms with Crippen molar-refractivity contribution in [3.05, 3.63) is 11.8 Å². The van der Waals surface area contributed by atoms with E-state index in [1.807, 2.05) is 0 Å². The molecule has 1 unspecified atom stereocenters. The first kappa shape index (κ1) is 6.26. The molecule has 1 atom stereocenters. The minimum atomic E-state index is -0.618. The third kappa shape index (κ3) is 0.943. The standard InChI is InChI=1S/C6H8FNO/c1-4-3-8-5(2-7)6(4)9/h3,5,8H,2H2,1H3. The largest absolute Gasteiger partial charge is 0.379 e. The third-order valence-corrected chi connectivity index (χ3v) is 1.36. The molecule has 9 heavy (non-hydrogen) atoms. The molecule has 0 aromatic heterocycles. The monoisotopic (exact) mass is 129 g/mol. The van der Waals surface area contributed by atoms with E-state index in [1.54, 1.807) is 13.1 Å². The molecule has 1 N–H and O–H groups in total. The van der Waals surface area contributed by atoms with E-state index in [0.29, 0.717) is 5.57 Å². The fourth-order valence-corrected chi connectivity index (χ4v) is 0.762. The minimum absolute atomic E-state index is 0.127. The lowest BCUT2D eigenvalue weighted by atomic mass is 10.1. The van der Waals surface area contributed by atoms with Crippen LogP contribution in [0.2, 0.25) is 0 Å². The molecule has 1 aliphatic heterocycles. The summed E-state index contributed by atoms with van der Waals surface area (Å²) in [7, 11) is 0. The molecule has 2 nitrogen and oxygen atoms in total. The number of halogens is 1. The SMILES string of the molecule is CC1=CNC(CF)C1=O. The summed E-state index contributed by atoms with van der Waals surface area (Å²) in [6.07, 6.45) is 1.55. The van der Waals surface area contributed by atoms with Crippen molar-refractivity contribution >= 4 is 5.78 Å². The number of hydrogen-bond acceptors (Lipinski definition) is 2. The average molecular weight is 129 g/mol. The summed E-state index contributed by atoms with van der Waals surface area (Å²) in [6, 6.07) is -0.606. The van der Waals surface area contributed by atoms with Crippen LogP contribution in [-0.4, -0.2) is 18.5 Å². The summed E-state index contributed by atoms with van der Waals surface area (Å²) in [4.78, 5) is 10.8. The number of hydrogen-bond donors (Lipinski definition) is 1. The van der Waals surface area contributed by atoms with Gasteiger partial charge in [-0.1, -0.05) is 0 Å². The molecule has 0 aromatic carbocycles. The first-order valence-electron chi connectivity index (χ1n) is 2.78. The molecule has 3 heteroatoms. The molecule has 0 bridgehead atoms. The maximum absolute atomic E-state index is 11.8. The van der Waals surface area contributed by atoms with Crippen molar-refractivity contribution in [2.24, 2.45) is 0 Å². The molecule has 1 rings (SSSR count). The number of alkyl halides is 1. The third-order valence-electron chi connectivity index (χ3n) is 1.36. The van der Waals surface area contributed by atoms with E-state index in [4.69, 9.17) is 0 Å². The van der Waals surface area contributed by atoms with Gasteiger partial charge in [0.15, 0.2) is 5.78 Å². The Bertz CT molecular complexity index is 164. The highest BCUT2D eigenvalue weighted by Gasteiger charge is 2.22. The van der Waals surface area contributed by atoms with Gasteiger partial charge in [-0.15, -0.1) is 0 Å². The topological polar surface area (TPSA) is 29.1 Å². The Morgan fingerprint density at radius 3 is 2.78 bits per heavy atom. The van der Waals surface area contributed by atoms with Crippen LogP contribution in [0.5, 0.6) is 0 Å². The molecule has 1 aliphatic rings. The number of ketones is 1. The summed E-state index contributed by atoms with van der Waals surface area (Å²) in [5.41, 5.74) is 0.609. The predicted octanol–water partition coefficient (Wildman–Crippen LogP) is 0.401. The summed E-state index contributed by atoms with van der Waals surface area (Å²) in [6.45, 7) is 1.05. The Morgan fingerprint density at radius 1 is 1.89 bits per heavy atom. The predicted molar refractivity (Wildman–Crippen MR) is 31.7 cm³/mol. The molecule has 0 saturated carbocycles. The van der Waals surface area contributed by atoms with Crippen molar-refractivity contribution in [1.82, 2.24) is 5.32 Å². The van der Waals surface area contributed by atoms with E-state index in [9.17, 15) is 9.18 Å². The van der Waals surface area contributed by atoms with Gasteiger partial charge in [0.1, 0.15) is 12.7 Å². The summed E-state index contributed by atoms with van der Waals surface area (Å²) >= 11 is 0. The van der Waals surface area contributed by atoms with Crippen molar-refractivity contribution in [3.63, 3.8) is 0 Å². The van der Waals surface area contributed by atoms with Gasteiger partial charge < -0.3 is 5.32 Å². The number of Topliss-reactive ketones (excluding diaryl/α,β-unsaturated/α-hetero) is 1. The van der Waals surface area contributed by atoms with Crippen LogP contribution in [0, 0.1) is 0 Å². The Balaban J connectivity index is 2.62. The molecule has 0 aliphatic carbocycles. The fourth-order valence-electron chi connectivity index (χ4n) is 0.762. The maximum Gasteiger partial charge on any atom is 0.184 e. The minimum Gasteiger partial charge on any atom is -0.379 e. The van der Waals surface area contributed by atoms with E-state index < -0.39 is 12.7 Å². The van der Waals surface area contributed by atoms with Gasteiger partial charge in [-0.3, -0.25) is 4.79 Å². The van der Waals surface area contributed by atoms with Crippen LogP contribution in [-0.2, 0) is 4.79 Å². The smallest absolute Gasteiger partial charge is 0.184 e. The van der Waals surface area contributed by atoms with E-state index in [1.165, 1.54) is 0 Å². The van der Waals surface area contributed by atoms with Crippen LogP contribution in [0.3, 0.4) is 0 Å². The van der Waals surface area contributed by atoms with Gasteiger partial charge in [-0.05, 0) is 6.92 Å². The highest BCUT2D eigenvalue weighted by Crippen LogP contribution is 2.06. The molecule has 0 amide bonds. The van der Waals surface area contributed by atoms with Crippen LogP contribution < -0.4 is 5.32 Å². The van der Waals surface area contributed by atoms with Crippen LogP contribution in [0.25, 0.3) is 0 Å². The molecule has 0 fully saturated rings. The molecule has 0 spiro atoms. The van der Waals surface area contributed by atoms with Crippen molar-refractivity contribution in [3.8, 4) is 0 Å². The van der Waals surface area contributed by atoms with Crippen LogP contribution in [0.1, 0.15) is 6.92 Å². The number of rotatable bonds is 1. The van der Waals surface area contributed by atoms with Crippen molar-refractivity contribution in [2.45, 2.75) is 13.0 Å². The Morgan fingerprint density at radius 2 is 2.56 bits per heavy atom. The quantitative estimate of drug-likeness (QED) is 0.555. The second-order valence-electron chi connectivity index (χ2n) is 2.07. The van der Waals surface area contributed by atoms with Crippen LogP contribution in [0.4, 0.5) is 4.39 Å². The summed E-state index contributed by atoms with van der Waals surface area (Å²) < 4.78 is 11.8. The lowest BCUT2D eigenvalue weighted by molar-refractivity contribution is -0.116. The zero-order valence-corrected chi connectivity index (χ0v) is 5.15. The van der Waals surface area contributed by atoms with E-state index in [2.05, 4.69) is 5.32 Å². The lowest BCUT2D eigenvalue weighted by Crippen LogP contribution is -2.29. The fraction of sp³-hybridized carbons (Fsp3) is 0.500. The van der Waals surface area contributed by atoms with Crippen molar-refractivity contribution in [1.29, 1.82) is 0 Å². The molecule has 0 saturated heterocycles. The number of nitrogens with one attached hydrogen (secondary N) is 1. The maximum atomic E-state index is 11.8. The zero-order chi connectivity index (χ0) is 6.85. The number of carbonyl (C=O) groups is 1. The van der Waals surface area contributed by atoms with Gasteiger partial charge in [0, 0.05) is 11.8 Å². The summed E-state index contributed by atoms with van der Waals surface area (Å²) in [5, 5.41) is 2.62. The van der Waals surface area contributed by atoms with Crippen molar-refractivity contribution in [2.75, 3.05) is 6.67 Å². The molecule has 50 valence electrons. The Hall–Kier alpha value is -0.860. The Labute approximate surface area is 52.7 Å². The average Bonchev–Trinajstić information content (AvgIpc) is 2.15. The Kier molecular flexibility index (Phi) is 1.51. The first-order chi connectivity index (χ1) is 4.25. The van der Waals surface area contributed by atoms with E-state index in [-0.39, 0.29) is 5.78 Å². The summed E-state index contributed by atoms with van der Waals surface area (Å²) in [5.74, 6) is -0.127. The van der Waals surface area contributed by atoms with Gasteiger partial charge in [0.25, 0.3) is 0 Å². The highest BCUT2D eigenvalue weighted by atomic mass is 19.1. The molecule has 0 radical (unpaired) electrons. The van der Waals surface area contributed by atoms with Gasteiger partial charge in [0.2, 0.25) is 0 Å². The lowest BCUT2D eigenvalue weighted by Gasteiger charge is -2.01. The number of carbonyl (C=O) groups excluding carboxylic acids is 1.